The zero-order chi connectivity index (χ0) is 13.9. The maximum Gasteiger partial charge on any atom is 0.0173 e. The van der Waals surface area contributed by atoms with E-state index in [0.717, 1.165) is 6.54 Å². The Morgan fingerprint density at radius 1 is 0.800 bits per heavy atom. The van der Waals surface area contributed by atoms with Crippen LogP contribution in [0.3, 0.4) is 0 Å². The van der Waals surface area contributed by atoms with Gasteiger partial charge in [-0.2, -0.15) is 0 Å². The van der Waals surface area contributed by atoms with Gasteiger partial charge in [-0.3, -0.25) is 0 Å². The zero-order valence-corrected chi connectivity index (χ0v) is 12.3. The first-order valence-corrected chi connectivity index (χ1v) is 7.66. The van der Waals surface area contributed by atoms with E-state index in [-0.39, 0.29) is 0 Å². The maximum atomic E-state index is 3.68. The van der Waals surface area contributed by atoms with Crippen molar-refractivity contribution in [1.82, 2.24) is 5.32 Å². The van der Waals surface area contributed by atoms with Crippen LogP contribution in [0.15, 0.2) is 60.7 Å². The molecule has 1 fully saturated rings. The van der Waals surface area contributed by atoms with Crippen molar-refractivity contribution < 1.29 is 0 Å². The van der Waals surface area contributed by atoms with E-state index >= 15 is 0 Å². The first-order valence-electron chi connectivity index (χ1n) is 7.66. The molecule has 0 saturated heterocycles. The monoisotopic (exact) mass is 265 g/mol. The minimum atomic E-state index is 0.590. The molecule has 4 atom stereocenters. The SMILES string of the molecule is CCNC1C(C)C(c2ccccc2)C1c1ccccc1. The first kappa shape index (κ1) is 13.4. The number of hydrogen-bond donors (Lipinski definition) is 1. The van der Waals surface area contributed by atoms with Gasteiger partial charge in [0.15, 0.2) is 0 Å². The Bertz CT molecular complexity index is 534. The Labute approximate surface area is 122 Å². The van der Waals surface area contributed by atoms with Gasteiger partial charge in [-0.05, 0) is 29.5 Å². The number of rotatable bonds is 4. The van der Waals surface area contributed by atoms with Crippen molar-refractivity contribution in [2.45, 2.75) is 31.7 Å². The van der Waals surface area contributed by atoms with E-state index in [9.17, 15) is 0 Å². The molecule has 0 aliphatic heterocycles. The van der Waals surface area contributed by atoms with E-state index in [1.165, 1.54) is 11.1 Å². The Hall–Kier alpha value is -1.60. The van der Waals surface area contributed by atoms with Gasteiger partial charge in [0.05, 0.1) is 0 Å². The highest BCUT2D eigenvalue weighted by Crippen LogP contribution is 2.53. The lowest BCUT2D eigenvalue weighted by molar-refractivity contribution is 0.143. The molecule has 20 heavy (non-hydrogen) atoms. The van der Waals surface area contributed by atoms with Crippen LogP contribution in [0.4, 0.5) is 0 Å². The van der Waals surface area contributed by atoms with Crippen LogP contribution in [-0.4, -0.2) is 12.6 Å². The van der Waals surface area contributed by atoms with Crippen LogP contribution in [-0.2, 0) is 0 Å². The molecule has 0 heterocycles. The van der Waals surface area contributed by atoms with E-state index in [1.54, 1.807) is 0 Å². The lowest BCUT2D eigenvalue weighted by Gasteiger charge is -2.52. The average Bonchev–Trinajstić information content (AvgIpc) is 2.51. The lowest BCUT2D eigenvalue weighted by atomic mass is 9.56. The fourth-order valence-electron chi connectivity index (χ4n) is 3.78. The summed E-state index contributed by atoms with van der Waals surface area (Å²) in [6.45, 7) is 5.62. The van der Waals surface area contributed by atoms with Crippen LogP contribution in [0.25, 0.3) is 0 Å². The summed E-state index contributed by atoms with van der Waals surface area (Å²) >= 11 is 0. The minimum absolute atomic E-state index is 0.590. The number of nitrogens with one attached hydrogen (secondary N) is 1. The van der Waals surface area contributed by atoms with Crippen molar-refractivity contribution in [3.8, 4) is 0 Å². The maximum absolute atomic E-state index is 3.68. The van der Waals surface area contributed by atoms with Gasteiger partial charge in [-0.15, -0.1) is 0 Å². The summed E-state index contributed by atoms with van der Waals surface area (Å²) in [5.74, 6) is 1.90. The molecule has 0 bridgehead atoms. The topological polar surface area (TPSA) is 12.0 Å². The van der Waals surface area contributed by atoms with Crippen LogP contribution in [0.5, 0.6) is 0 Å². The van der Waals surface area contributed by atoms with E-state index in [1.807, 2.05) is 0 Å². The molecule has 0 radical (unpaired) electrons. The molecule has 1 N–H and O–H groups in total. The van der Waals surface area contributed by atoms with Crippen LogP contribution in [0, 0.1) is 5.92 Å². The molecule has 0 amide bonds. The molecule has 104 valence electrons. The lowest BCUT2D eigenvalue weighted by Crippen LogP contribution is -2.54. The smallest absolute Gasteiger partial charge is 0.0173 e. The standard InChI is InChI=1S/C19H23N/c1-3-20-19-14(2)17(15-10-6-4-7-11-15)18(19)16-12-8-5-9-13-16/h4-14,17-20H,3H2,1-2H3. The summed E-state index contributed by atoms with van der Waals surface area (Å²) in [5, 5.41) is 3.68. The third-order valence-corrected chi connectivity index (χ3v) is 4.72. The first-order chi connectivity index (χ1) is 9.83. The van der Waals surface area contributed by atoms with Crippen LogP contribution in [0.2, 0.25) is 0 Å². The van der Waals surface area contributed by atoms with E-state index < -0.39 is 0 Å². The van der Waals surface area contributed by atoms with Gasteiger partial charge in [0.2, 0.25) is 0 Å². The quantitative estimate of drug-likeness (QED) is 0.874. The summed E-state index contributed by atoms with van der Waals surface area (Å²) in [4.78, 5) is 0. The number of likely N-dealkylation sites (N-methyl/N-ethyl adjacent to an activating group) is 1. The predicted molar refractivity (Wildman–Crippen MR) is 85.0 cm³/mol. The highest BCUT2D eigenvalue weighted by Gasteiger charge is 2.48. The van der Waals surface area contributed by atoms with Gasteiger partial charge < -0.3 is 5.32 Å². The van der Waals surface area contributed by atoms with E-state index in [0.29, 0.717) is 23.8 Å². The molecule has 0 spiro atoms. The Kier molecular flexibility index (Phi) is 3.88. The van der Waals surface area contributed by atoms with Gasteiger partial charge in [0.25, 0.3) is 0 Å². The zero-order valence-electron chi connectivity index (χ0n) is 12.3. The van der Waals surface area contributed by atoms with Gasteiger partial charge in [-0.1, -0.05) is 74.5 Å². The van der Waals surface area contributed by atoms with Crippen LogP contribution in [0.1, 0.15) is 36.8 Å². The van der Waals surface area contributed by atoms with E-state index in [4.69, 9.17) is 0 Å². The second-order valence-corrected chi connectivity index (χ2v) is 5.82. The van der Waals surface area contributed by atoms with Gasteiger partial charge >= 0.3 is 0 Å². The Morgan fingerprint density at radius 3 is 1.80 bits per heavy atom. The summed E-state index contributed by atoms with van der Waals surface area (Å²) in [7, 11) is 0. The van der Waals surface area contributed by atoms with Gasteiger partial charge in [-0.25, -0.2) is 0 Å². The largest absolute Gasteiger partial charge is 0.313 e. The molecular formula is C19H23N. The molecule has 1 saturated carbocycles. The summed E-state index contributed by atoms with van der Waals surface area (Å²) in [6.07, 6.45) is 0. The highest BCUT2D eigenvalue weighted by atomic mass is 15.0. The summed E-state index contributed by atoms with van der Waals surface area (Å²) in [5.41, 5.74) is 2.94. The molecule has 3 rings (SSSR count). The summed E-state index contributed by atoms with van der Waals surface area (Å²) in [6, 6.07) is 22.5. The minimum Gasteiger partial charge on any atom is -0.313 e. The molecule has 2 aromatic carbocycles. The Morgan fingerprint density at radius 2 is 1.30 bits per heavy atom. The molecule has 4 unspecified atom stereocenters. The van der Waals surface area contributed by atoms with Gasteiger partial charge in [0, 0.05) is 12.0 Å². The second-order valence-electron chi connectivity index (χ2n) is 5.82. The highest BCUT2D eigenvalue weighted by molar-refractivity contribution is 5.36. The third kappa shape index (κ3) is 2.27. The second kappa shape index (κ2) is 5.80. The molecule has 0 aromatic heterocycles. The van der Waals surface area contributed by atoms with Crippen LogP contribution >= 0.6 is 0 Å². The molecule has 1 heteroatoms. The predicted octanol–water partition coefficient (Wildman–Crippen LogP) is 4.18. The van der Waals surface area contributed by atoms with E-state index in [2.05, 4.69) is 79.8 Å². The Balaban J connectivity index is 1.93. The van der Waals surface area contributed by atoms with Crippen molar-refractivity contribution in [3.05, 3.63) is 71.8 Å². The van der Waals surface area contributed by atoms with Crippen molar-refractivity contribution >= 4 is 0 Å². The molecule has 1 nitrogen and oxygen atoms in total. The third-order valence-electron chi connectivity index (χ3n) is 4.72. The average molecular weight is 265 g/mol. The van der Waals surface area contributed by atoms with Crippen molar-refractivity contribution in [2.24, 2.45) is 5.92 Å². The van der Waals surface area contributed by atoms with Crippen molar-refractivity contribution in [1.29, 1.82) is 0 Å². The van der Waals surface area contributed by atoms with Crippen molar-refractivity contribution in [3.63, 3.8) is 0 Å². The van der Waals surface area contributed by atoms with Gasteiger partial charge in [0.1, 0.15) is 0 Å². The molecule has 2 aromatic rings. The molecule has 1 aliphatic rings. The normalized spacial score (nSPS) is 28.9. The fraction of sp³-hybridized carbons (Fsp3) is 0.368. The molecule has 1 aliphatic carbocycles. The summed E-state index contributed by atoms with van der Waals surface area (Å²) < 4.78 is 0. The van der Waals surface area contributed by atoms with Crippen LogP contribution < -0.4 is 5.32 Å². The molecular weight excluding hydrogens is 242 g/mol. The number of hydrogen-bond acceptors (Lipinski definition) is 1. The van der Waals surface area contributed by atoms with Crippen molar-refractivity contribution in [2.75, 3.05) is 6.54 Å². The fourth-order valence-corrected chi connectivity index (χ4v) is 3.78. The number of benzene rings is 2.